The predicted octanol–water partition coefficient (Wildman–Crippen LogP) is 3.39. The number of hydrogen-bond donors (Lipinski definition) is 1. The van der Waals surface area contributed by atoms with E-state index < -0.39 is 53.5 Å². The first-order valence-electron chi connectivity index (χ1n) is 10.4. The Bertz CT molecular complexity index is 968. The third-order valence-corrected chi connectivity index (χ3v) is 6.97. The summed E-state index contributed by atoms with van der Waals surface area (Å²) in [5, 5.41) is 2.21. The Labute approximate surface area is 177 Å². The molecule has 1 aromatic carbocycles. The molecule has 1 N–H and O–H groups in total. The topological polar surface area (TPSA) is 83.6 Å². The molecule has 2 atom stereocenters. The summed E-state index contributed by atoms with van der Waals surface area (Å²) in [6.45, 7) is 1.66. The lowest BCUT2D eigenvalue weighted by atomic mass is 9.61. The Morgan fingerprint density at radius 2 is 1.97 bits per heavy atom. The van der Waals surface area contributed by atoms with Gasteiger partial charge < -0.3 is 4.90 Å². The van der Waals surface area contributed by atoms with Gasteiger partial charge in [0.25, 0.3) is 5.91 Å². The van der Waals surface area contributed by atoms with Gasteiger partial charge in [0.2, 0.25) is 11.8 Å². The number of carbonyl (C=O) groups excluding carboxylic acids is 4. The standard InChI is InChI=1S/C22H23F3N2O4/c1-21(7-2-8-21)17(22(23,24)25)10-16(28)12-3-4-14-13(9-12)11-27(20(14)31)15-5-6-18(29)26-19(15)30/h3-4,9,15,17H,2,5-8,10-11H2,1H3,(H,26,29,30)/t15?,17-/m1/s1. The maximum Gasteiger partial charge on any atom is 0.392 e. The first-order valence-corrected chi connectivity index (χ1v) is 10.4. The second-order valence-corrected chi connectivity index (χ2v) is 9.00. The Hall–Kier alpha value is -2.71. The maximum absolute atomic E-state index is 13.6. The quantitative estimate of drug-likeness (QED) is 0.567. The van der Waals surface area contributed by atoms with Crippen molar-refractivity contribution in [1.29, 1.82) is 0 Å². The molecule has 4 rings (SSSR count). The molecule has 166 valence electrons. The van der Waals surface area contributed by atoms with Crippen molar-refractivity contribution in [3.63, 3.8) is 0 Å². The SMILES string of the molecule is CC1([C@@H](CC(=O)c2ccc3c(c2)CN(C2CCC(=O)NC2=O)C3=O)C(F)(F)F)CCC1. The van der Waals surface area contributed by atoms with Gasteiger partial charge >= 0.3 is 6.18 Å². The van der Waals surface area contributed by atoms with Gasteiger partial charge in [-0.05, 0) is 42.4 Å². The van der Waals surface area contributed by atoms with Gasteiger partial charge in [-0.15, -0.1) is 0 Å². The first-order chi connectivity index (χ1) is 14.5. The number of nitrogens with zero attached hydrogens (tertiary/aromatic N) is 1. The second-order valence-electron chi connectivity index (χ2n) is 9.00. The molecule has 6 nitrogen and oxygen atoms in total. The van der Waals surface area contributed by atoms with Crippen molar-refractivity contribution in [2.24, 2.45) is 11.3 Å². The number of piperidine rings is 1. The number of carbonyl (C=O) groups is 4. The highest BCUT2D eigenvalue weighted by Gasteiger charge is 2.54. The van der Waals surface area contributed by atoms with Gasteiger partial charge in [-0.1, -0.05) is 19.4 Å². The molecule has 2 aliphatic heterocycles. The number of ketones is 1. The van der Waals surface area contributed by atoms with Crippen LogP contribution in [0.5, 0.6) is 0 Å². The average Bonchev–Trinajstić information content (AvgIpc) is 2.99. The van der Waals surface area contributed by atoms with E-state index in [-0.39, 0.29) is 24.9 Å². The number of Topliss-reactive ketones (excluding diaryl/α,β-unsaturated/α-hetero) is 1. The van der Waals surface area contributed by atoms with E-state index in [1.165, 1.54) is 23.1 Å². The van der Waals surface area contributed by atoms with Gasteiger partial charge in [0.1, 0.15) is 6.04 Å². The summed E-state index contributed by atoms with van der Waals surface area (Å²) in [6, 6.07) is 3.48. The number of amides is 3. The molecule has 1 aromatic rings. The van der Waals surface area contributed by atoms with Crippen LogP contribution in [-0.4, -0.2) is 40.6 Å². The van der Waals surface area contributed by atoms with Crippen LogP contribution < -0.4 is 5.32 Å². The molecule has 2 heterocycles. The van der Waals surface area contributed by atoms with Crippen molar-refractivity contribution in [2.45, 2.75) is 64.2 Å². The first kappa shape index (κ1) is 21.5. The molecule has 0 radical (unpaired) electrons. The van der Waals surface area contributed by atoms with Crippen molar-refractivity contribution >= 4 is 23.5 Å². The molecule has 1 saturated carbocycles. The molecule has 1 saturated heterocycles. The van der Waals surface area contributed by atoms with Crippen LogP contribution in [0.2, 0.25) is 0 Å². The Balaban J connectivity index is 1.52. The van der Waals surface area contributed by atoms with E-state index in [0.717, 1.165) is 6.42 Å². The molecule has 0 bridgehead atoms. The normalized spacial score (nSPS) is 23.8. The van der Waals surface area contributed by atoms with Gasteiger partial charge in [0.05, 0.1) is 5.92 Å². The molecule has 9 heteroatoms. The van der Waals surface area contributed by atoms with E-state index in [9.17, 15) is 32.3 Å². The zero-order valence-electron chi connectivity index (χ0n) is 17.1. The monoisotopic (exact) mass is 436 g/mol. The Kier molecular flexibility index (Phi) is 5.18. The lowest BCUT2D eigenvalue weighted by Gasteiger charge is -2.45. The molecular weight excluding hydrogens is 413 g/mol. The molecule has 31 heavy (non-hydrogen) atoms. The van der Waals surface area contributed by atoms with Gasteiger partial charge in [-0.2, -0.15) is 13.2 Å². The van der Waals surface area contributed by atoms with Crippen molar-refractivity contribution in [3.8, 4) is 0 Å². The highest BCUT2D eigenvalue weighted by Crippen LogP contribution is 2.54. The van der Waals surface area contributed by atoms with E-state index in [1.54, 1.807) is 6.92 Å². The lowest BCUT2D eigenvalue weighted by Crippen LogP contribution is -2.52. The average molecular weight is 436 g/mol. The third-order valence-electron chi connectivity index (χ3n) is 6.97. The van der Waals surface area contributed by atoms with Crippen molar-refractivity contribution in [2.75, 3.05) is 0 Å². The highest BCUT2D eigenvalue weighted by molar-refractivity contribution is 6.06. The van der Waals surface area contributed by atoms with E-state index in [4.69, 9.17) is 0 Å². The third kappa shape index (κ3) is 3.85. The number of imide groups is 1. The molecule has 3 aliphatic rings. The summed E-state index contributed by atoms with van der Waals surface area (Å²) in [5.41, 5.74) is 0.0378. The number of rotatable bonds is 5. The Morgan fingerprint density at radius 1 is 1.26 bits per heavy atom. The van der Waals surface area contributed by atoms with Crippen LogP contribution in [0.25, 0.3) is 0 Å². The van der Waals surface area contributed by atoms with E-state index in [2.05, 4.69) is 5.32 Å². The number of halogens is 3. The summed E-state index contributed by atoms with van der Waals surface area (Å²) in [6.07, 6.45) is -3.12. The van der Waals surface area contributed by atoms with Crippen LogP contribution in [0, 0.1) is 11.3 Å². The lowest BCUT2D eigenvalue weighted by molar-refractivity contribution is -0.216. The van der Waals surface area contributed by atoms with Crippen molar-refractivity contribution in [1.82, 2.24) is 10.2 Å². The fourth-order valence-electron chi connectivity index (χ4n) is 4.89. The largest absolute Gasteiger partial charge is 0.392 e. The van der Waals surface area contributed by atoms with Crippen LogP contribution in [0.3, 0.4) is 0 Å². The Morgan fingerprint density at radius 3 is 2.55 bits per heavy atom. The van der Waals surface area contributed by atoms with Crippen LogP contribution in [0.15, 0.2) is 18.2 Å². The zero-order valence-corrected chi connectivity index (χ0v) is 17.1. The minimum atomic E-state index is -4.46. The number of hydrogen-bond acceptors (Lipinski definition) is 4. The molecular formula is C22H23F3N2O4. The number of nitrogens with one attached hydrogen (secondary N) is 1. The number of fused-ring (bicyclic) bond motifs is 1. The molecule has 3 amide bonds. The predicted molar refractivity (Wildman–Crippen MR) is 103 cm³/mol. The van der Waals surface area contributed by atoms with Crippen molar-refractivity contribution < 1.29 is 32.3 Å². The minimum Gasteiger partial charge on any atom is -0.322 e. The summed E-state index contributed by atoms with van der Waals surface area (Å²) in [7, 11) is 0. The molecule has 1 aliphatic carbocycles. The highest BCUT2D eigenvalue weighted by atomic mass is 19.4. The molecule has 0 spiro atoms. The van der Waals surface area contributed by atoms with Crippen molar-refractivity contribution in [3.05, 3.63) is 34.9 Å². The molecule has 1 unspecified atom stereocenters. The van der Waals surface area contributed by atoms with Crippen LogP contribution in [0.1, 0.15) is 71.7 Å². The summed E-state index contributed by atoms with van der Waals surface area (Å²) < 4.78 is 40.9. The van der Waals surface area contributed by atoms with E-state index >= 15 is 0 Å². The summed E-state index contributed by atoms with van der Waals surface area (Å²) >= 11 is 0. The van der Waals surface area contributed by atoms with E-state index in [1.807, 2.05) is 0 Å². The van der Waals surface area contributed by atoms with Gasteiger partial charge in [0.15, 0.2) is 5.78 Å². The van der Waals surface area contributed by atoms with Crippen LogP contribution in [-0.2, 0) is 16.1 Å². The van der Waals surface area contributed by atoms with Crippen LogP contribution in [0.4, 0.5) is 13.2 Å². The minimum absolute atomic E-state index is 0.0714. The smallest absolute Gasteiger partial charge is 0.322 e. The van der Waals surface area contributed by atoms with Gasteiger partial charge in [0, 0.05) is 30.5 Å². The molecule has 2 fully saturated rings. The molecule has 0 aromatic heterocycles. The fraction of sp³-hybridized carbons (Fsp3) is 0.545. The fourth-order valence-corrected chi connectivity index (χ4v) is 4.89. The van der Waals surface area contributed by atoms with E-state index in [0.29, 0.717) is 24.0 Å². The van der Waals surface area contributed by atoms with Gasteiger partial charge in [-0.25, -0.2) is 0 Å². The number of benzene rings is 1. The maximum atomic E-state index is 13.6. The van der Waals surface area contributed by atoms with Crippen LogP contribution >= 0.6 is 0 Å². The second kappa shape index (κ2) is 7.46. The number of alkyl halides is 3. The summed E-state index contributed by atoms with van der Waals surface area (Å²) in [5.74, 6) is -3.63. The zero-order chi connectivity index (χ0) is 22.6. The van der Waals surface area contributed by atoms with Gasteiger partial charge in [-0.3, -0.25) is 24.5 Å². The summed E-state index contributed by atoms with van der Waals surface area (Å²) in [4.78, 5) is 50.3.